The molecule has 0 atom stereocenters. The molecule has 2 fully saturated rings. The zero-order valence-corrected chi connectivity index (χ0v) is 19.5. The Labute approximate surface area is 187 Å². The summed E-state index contributed by atoms with van der Waals surface area (Å²) in [4.78, 5) is 19.8. The average molecular weight is 465 g/mol. The summed E-state index contributed by atoms with van der Waals surface area (Å²) in [6, 6.07) is 4.83. The highest BCUT2D eigenvalue weighted by Gasteiger charge is 2.29. The number of anilines is 2. The van der Waals surface area contributed by atoms with Crippen LogP contribution in [0.4, 0.5) is 10.8 Å². The summed E-state index contributed by atoms with van der Waals surface area (Å²) >= 11 is 1.37. The molecule has 0 radical (unpaired) electrons. The van der Waals surface area contributed by atoms with Crippen LogP contribution in [0.2, 0.25) is 0 Å². The predicted molar refractivity (Wildman–Crippen MR) is 121 cm³/mol. The van der Waals surface area contributed by atoms with Crippen molar-refractivity contribution in [2.45, 2.75) is 31.1 Å². The molecule has 1 aromatic heterocycles. The number of thiazole rings is 1. The maximum absolute atomic E-state index is 13.2. The lowest BCUT2D eigenvalue weighted by atomic mass is 10.1. The number of benzene rings is 1. The predicted octanol–water partition coefficient (Wildman–Crippen LogP) is 2.82. The van der Waals surface area contributed by atoms with Crippen LogP contribution in [0.1, 0.15) is 35.8 Å². The van der Waals surface area contributed by atoms with E-state index in [1.807, 2.05) is 24.3 Å². The monoisotopic (exact) mass is 464 g/mol. The van der Waals surface area contributed by atoms with E-state index in [-0.39, 0.29) is 10.8 Å². The second kappa shape index (κ2) is 9.23. The Bertz CT molecular complexity index is 1040. The Morgan fingerprint density at radius 1 is 1.32 bits per heavy atom. The number of nitrogens with one attached hydrogen (secondary N) is 1. The van der Waals surface area contributed by atoms with Crippen molar-refractivity contribution in [1.29, 1.82) is 0 Å². The van der Waals surface area contributed by atoms with Gasteiger partial charge in [0.15, 0.2) is 5.13 Å². The van der Waals surface area contributed by atoms with E-state index >= 15 is 0 Å². The molecule has 0 unspecified atom stereocenters. The van der Waals surface area contributed by atoms with Gasteiger partial charge in [0.2, 0.25) is 10.0 Å². The van der Waals surface area contributed by atoms with Crippen LogP contribution in [-0.4, -0.2) is 63.5 Å². The number of morpholine rings is 1. The third kappa shape index (κ3) is 5.08. The second-order valence-corrected chi connectivity index (χ2v) is 10.8. The van der Waals surface area contributed by atoms with Gasteiger partial charge in [-0.2, -0.15) is 4.31 Å². The van der Waals surface area contributed by atoms with Gasteiger partial charge in [-0.1, -0.05) is 6.92 Å². The zero-order chi connectivity index (χ0) is 22.0. The van der Waals surface area contributed by atoms with Gasteiger partial charge in [0, 0.05) is 37.7 Å². The van der Waals surface area contributed by atoms with Crippen molar-refractivity contribution < 1.29 is 17.9 Å². The Hall–Kier alpha value is -2.01. The lowest BCUT2D eigenvalue weighted by Gasteiger charge is -2.27. The molecule has 4 rings (SSSR count). The summed E-state index contributed by atoms with van der Waals surface area (Å²) in [5.74, 6) is 0.275. The molecule has 168 valence electrons. The number of aryl methyl sites for hydroxylation is 1. The van der Waals surface area contributed by atoms with Gasteiger partial charge in [0.25, 0.3) is 5.91 Å². The molecule has 0 spiro atoms. The number of amides is 1. The number of rotatable bonds is 8. The largest absolute Gasteiger partial charge is 0.379 e. The summed E-state index contributed by atoms with van der Waals surface area (Å²) in [7, 11) is -1.76. The van der Waals surface area contributed by atoms with Crippen molar-refractivity contribution in [2.24, 2.45) is 5.92 Å². The van der Waals surface area contributed by atoms with Crippen LogP contribution in [0.15, 0.2) is 28.5 Å². The normalized spacial score (nSPS) is 17.5. The Kier molecular flexibility index (Phi) is 6.61. The Morgan fingerprint density at radius 3 is 2.71 bits per heavy atom. The fourth-order valence-electron chi connectivity index (χ4n) is 3.60. The number of sulfonamides is 1. The van der Waals surface area contributed by atoms with E-state index in [4.69, 9.17) is 4.74 Å². The van der Waals surface area contributed by atoms with Gasteiger partial charge >= 0.3 is 0 Å². The van der Waals surface area contributed by atoms with Gasteiger partial charge in [-0.15, -0.1) is 11.3 Å². The Balaban J connectivity index is 1.66. The maximum Gasteiger partial charge on any atom is 0.259 e. The minimum Gasteiger partial charge on any atom is -0.379 e. The fourth-order valence-corrected chi connectivity index (χ4v) is 5.83. The number of carbonyl (C=O) groups excluding carboxylic acids is 1. The molecule has 10 heteroatoms. The van der Waals surface area contributed by atoms with Crippen molar-refractivity contribution in [1.82, 2.24) is 9.29 Å². The van der Waals surface area contributed by atoms with E-state index in [1.54, 1.807) is 12.1 Å². The van der Waals surface area contributed by atoms with Crippen LogP contribution in [0.5, 0.6) is 0 Å². The zero-order valence-electron chi connectivity index (χ0n) is 17.8. The molecule has 8 nitrogen and oxygen atoms in total. The number of carbonyl (C=O) groups is 1. The second-order valence-electron chi connectivity index (χ2n) is 7.97. The summed E-state index contributed by atoms with van der Waals surface area (Å²) in [6.07, 6.45) is 3.16. The van der Waals surface area contributed by atoms with Crippen molar-refractivity contribution in [3.63, 3.8) is 0 Å². The molecule has 0 bridgehead atoms. The first-order valence-corrected chi connectivity index (χ1v) is 12.9. The summed E-state index contributed by atoms with van der Waals surface area (Å²) in [5, 5.41) is 5.27. The SMILES string of the molecule is CCc1csc(NC(=O)c2cc(S(=O)(=O)N3CCOCC3)ccc2N(C)CC2CC2)n1. The van der Waals surface area contributed by atoms with Crippen LogP contribution in [0, 0.1) is 5.92 Å². The standard InChI is InChI=1S/C21H28N4O4S2/c1-3-16-14-30-21(22-16)23-20(26)18-12-17(31(27,28)25-8-10-29-11-9-25)6-7-19(18)24(2)13-15-4-5-15/h6-7,12,14-15H,3-5,8-11,13H2,1-2H3,(H,22,23,26). The number of ether oxygens (including phenoxy) is 1. The smallest absolute Gasteiger partial charge is 0.259 e. The molecular formula is C21H28N4O4S2. The van der Waals surface area contributed by atoms with Crippen molar-refractivity contribution in [2.75, 3.05) is 50.1 Å². The molecule has 1 amide bonds. The van der Waals surface area contributed by atoms with E-state index in [0.717, 1.165) is 24.3 Å². The summed E-state index contributed by atoms with van der Waals surface area (Å²) in [5.41, 5.74) is 1.97. The molecule has 1 saturated heterocycles. The highest BCUT2D eigenvalue weighted by atomic mass is 32.2. The number of hydrogen-bond donors (Lipinski definition) is 1. The van der Waals surface area contributed by atoms with E-state index in [2.05, 4.69) is 10.3 Å². The molecule has 1 N–H and O–H groups in total. The maximum atomic E-state index is 13.2. The number of nitrogens with zero attached hydrogens (tertiary/aromatic N) is 3. The molecule has 1 aromatic carbocycles. The van der Waals surface area contributed by atoms with E-state index in [1.165, 1.54) is 34.6 Å². The first-order chi connectivity index (χ1) is 14.9. The lowest BCUT2D eigenvalue weighted by Crippen LogP contribution is -2.40. The first-order valence-electron chi connectivity index (χ1n) is 10.6. The highest BCUT2D eigenvalue weighted by Crippen LogP contribution is 2.33. The highest BCUT2D eigenvalue weighted by molar-refractivity contribution is 7.89. The molecule has 1 aliphatic carbocycles. The number of hydrogen-bond acceptors (Lipinski definition) is 7. The van der Waals surface area contributed by atoms with Crippen LogP contribution < -0.4 is 10.2 Å². The van der Waals surface area contributed by atoms with Crippen LogP contribution in [-0.2, 0) is 21.2 Å². The fraction of sp³-hybridized carbons (Fsp3) is 0.524. The number of aromatic nitrogens is 1. The minimum absolute atomic E-state index is 0.122. The minimum atomic E-state index is -3.70. The van der Waals surface area contributed by atoms with Crippen LogP contribution >= 0.6 is 11.3 Å². The van der Waals surface area contributed by atoms with Gasteiger partial charge in [-0.3, -0.25) is 10.1 Å². The third-order valence-corrected chi connectivity index (χ3v) is 8.30. The van der Waals surface area contributed by atoms with E-state index < -0.39 is 10.0 Å². The first kappa shape index (κ1) is 22.2. The van der Waals surface area contributed by atoms with E-state index in [9.17, 15) is 13.2 Å². The quantitative estimate of drug-likeness (QED) is 0.646. The molecule has 2 aliphatic rings. The van der Waals surface area contributed by atoms with Crippen molar-refractivity contribution >= 4 is 38.1 Å². The average Bonchev–Trinajstić information content (AvgIpc) is 3.48. The van der Waals surface area contributed by atoms with Crippen LogP contribution in [0.3, 0.4) is 0 Å². The van der Waals surface area contributed by atoms with Gasteiger partial charge in [-0.05, 0) is 43.4 Å². The van der Waals surface area contributed by atoms with E-state index in [0.29, 0.717) is 42.9 Å². The van der Waals surface area contributed by atoms with Gasteiger partial charge < -0.3 is 9.64 Å². The van der Waals surface area contributed by atoms with Crippen molar-refractivity contribution in [3.8, 4) is 0 Å². The summed E-state index contributed by atoms with van der Waals surface area (Å²) in [6.45, 7) is 4.22. The Morgan fingerprint density at radius 2 is 2.06 bits per heavy atom. The van der Waals surface area contributed by atoms with Crippen molar-refractivity contribution in [3.05, 3.63) is 34.8 Å². The van der Waals surface area contributed by atoms with Gasteiger partial charge in [0.1, 0.15) is 0 Å². The summed E-state index contributed by atoms with van der Waals surface area (Å²) < 4.78 is 33.0. The third-order valence-electron chi connectivity index (χ3n) is 5.60. The molecule has 31 heavy (non-hydrogen) atoms. The topological polar surface area (TPSA) is 91.8 Å². The molecule has 2 aromatic rings. The van der Waals surface area contributed by atoms with Gasteiger partial charge in [0.05, 0.1) is 29.4 Å². The molecule has 1 aliphatic heterocycles. The van der Waals surface area contributed by atoms with Crippen LogP contribution in [0.25, 0.3) is 0 Å². The molecular weight excluding hydrogens is 436 g/mol. The molecule has 1 saturated carbocycles. The lowest BCUT2D eigenvalue weighted by molar-refractivity contribution is 0.0730. The van der Waals surface area contributed by atoms with Gasteiger partial charge in [-0.25, -0.2) is 13.4 Å². The molecule has 2 heterocycles.